The summed E-state index contributed by atoms with van der Waals surface area (Å²) in [7, 11) is 0. The van der Waals surface area contributed by atoms with Crippen LogP contribution in [0.3, 0.4) is 0 Å². The van der Waals surface area contributed by atoms with Crippen molar-refractivity contribution in [3.05, 3.63) is 18.0 Å². The molecule has 0 aromatic carbocycles. The van der Waals surface area contributed by atoms with Crippen LogP contribution in [0.15, 0.2) is 12.4 Å². The molecule has 2 aliphatic rings. The van der Waals surface area contributed by atoms with Gasteiger partial charge in [-0.2, -0.15) is 18.3 Å². The molecule has 19 heavy (non-hydrogen) atoms. The summed E-state index contributed by atoms with van der Waals surface area (Å²) >= 11 is 0. The summed E-state index contributed by atoms with van der Waals surface area (Å²) in [6.45, 7) is 0. The van der Waals surface area contributed by atoms with Gasteiger partial charge in [0.1, 0.15) is 5.60 Å². The lowest BCUT2D eigenvalue weighted by Crippen LogP contribution is -2.59. The van der Waals surface area contributed by atoms with Crippen molar-refractivity contribution in [3.63, 3.8) is 0 Å². The number of nitrogens with zero attached hydrogens (tertiary/aromatic N) is 1. The van der Waals surface area contributed by atoms with E-state index in [1.807, 2.05) is 0 Å². The van der Waals surface area contributed by atoms with Gasteiger partial charge < -0.3 is 10.5 Å². The monoisotopic (exact) mass is 275 g/mol. The van der Waals surface area contributed by atoms with Crippen molar-refractivity contribution in [2.24, 2.45) is 11.1 Å². The third-order valence-electron chi connectivity index (χ3n) is 4.28. The van der Waals surface area contributed by atoms with Gasteiger partial charge in [0.05, 0.1) is 12.3 Å². The number of amides is 1. The minimum Gasteiger partial charge on any atom is -0.369 e. The van der Waals surface area contributed by atoms with Gasteiger partial charge in [-0.3, -0.25) is 9.89 Å². The Kier molecular flexibility index (Phi) is 2.30. The Morgan fingerprint density at radius 2 is 2.32 bits per heavy atom. The molecule has 1 amide bonds. The van der Waals surface area contributed by atoms with Gasteiger partial charge >= 0.3 is 6.18 Å². The zero-order valence-electron chi connectivity index (χ0n) is 9.83. The maximum Gasteiger partial charge on any atom is 0.406 e. The van der Waals surface area contributed by atoms with Gasteiger partial charge in [0.25, 0.3) is 0 Å². The predicted octanol–water partition coefficient (Wildman–Crippen LogP) is 1.22. The highest BCUT2D eigenvalue weighted by atomic mass is 19.4. The zero-order valence-corrected chi connectivity index (χ0v) is 9.83. The summed E-state index contributed by atoms with van der Waals surface area (Å²) in [6, 6.07) is 0. The van der Waals surface area contributed by atoms with Crippen molar-refractivity contribution in [2.75, 3.05) is 0 Å². The van der Waals surface area contributed by atoms with E-state index in [4.69, 9.17) is 10.5 Å². The number of H-pyrrole nitrogens is 1. The Balaban J connectivity index is 2.23. The van der Waals surface area contributed by atoms with Crippen LogP contribution in [0.4, 0.5) is 13.2 Å². The molecule has 0 radical (unpaired) electrons. The summed E-state index contributed by atoms with van der Waals surface area (Å²) in [5.74, 6) is -1.39. The van der Waals surface area contributed by atoms with Gasteiger partial charge in [0.15, 0.2) is 5.41 Å². The van der Waals surface area contributed by atoms with Crippen molar-refractivity contribution < 1.29 is 22.7 Å². The fourth-order valence-electron chi connectivity index (χ4n) is 3.45. The third kappa shape index (κ3) is 1.29. The molecule has 3 atom stereocenters. The van der Waals surface area contributed by atoms with E-state index < -0.39 is 35.6 Å². The Hall–Kier alpha value is -1.57. The van der Waals surface area contributed by atoms with Crippen molar-refractivity contribution in [1.29, 1.82) is 0 Å². The smallest absolute Gasteiger partial charge is 0.369 e. The molecule has 104 valence electrons. The molecule has 8 heteroatoms. The minimum atomic E-state index is -4.76. The van der Waals surface area contributed by atoms with E-state index in [-0.39, 0.29) is 12.0 Å². The van der Waals surface area contributed by atoms with E-state index >= 15 is 0 Å². The summed E-state index contributed by atoms with van der Waals surface area (Å²) in [4.78, 5) is 11.7. The van der Waals surface area contributed by atoms with E-state index in [0.717, 1.165) is 0 Å². The van der Waals surface area contributed by atoms with Crippen LogP contribution in [-0.4, -0.2) is 28.4 Å². The first kappa shape index (κ1) is 12.5. The number of ether oxygens (including phenoxy) is 1. The van der Waals surface area contributed by atoms with Gasteiger partial charge in [0.2, 0.25) is 5.91 Å². The van der Waals surface area contributed by atoms with Crippen molar-refractivity contribution in [3.8, 4) is 0 Å². The zero-order chi connectivity index (χ0) is 13.9. The average Bonchev–Trinajstić information content (AvgIpc) is 3.01. The van der Waals surface area contributed by atoms with E-state index in [2.05, 4.69) is 10.2 Å². The van der Waals surface area contributed by atoms with Crippen LogP contribution in [0.2, 0.25) is 0 Å². The molecule has 2 saturated heterocycles. The molecular formula is C11H12F3N3O2. The summed E-state index contributed by atoms with van der Waals surface area (Å²) in [5.41, 5.74) is 0.938. The second-order valence-electron chi connectivity index (χ2n) is 5.06. The number of nitrogens with two attached hydrogens (primary N) is 1. The SMILES string of the molecule is NC(=O)C1(C(F)(F)F)CC2CCC1(c1cn[nH]c1)O2. The van der Waals surface area contributed by atoms with Gasteiger partial charge in [0, 0.05) is 11.8 Å². The number of carbonyl (C=O) groups excluding carboxylic acids is 1. The standard InChI is InChI=1S/C11H12F3N3O2/c12-11(13,14)9(8(15)18)3-7-1-2-10(9,19-7)6-4-16-17-5-6/h4-5,7H,1-3H2,(H2,15,18)(H,16,17). The van der Waals surface area contributed by atoms with Gasteiger partial charge in [-0.1, -0.05) is 0 Å². The Bertz CT molecular complexity index is 516. The average molecular weight is 275 g/mol. The van der Waals surface area contributed by atoms with Crippen LogP contribution in [0.5, 0.6) is 0 Å². The maximum atomic E-state index is 13.5. The summed E-state index contributed by atoms with van der Waals surface area (Å²) < 4.78 is 46.2. The van der Waals surface area contributed by atoms with E-state index in [9.17, 15) is 18.0 Å². The number of aromatic amines is 1. The molecular weight excluding hydrogens is 263 g/mol. The Morgan fingerprint density at radius 3 is 2.79 bits per heavy atom. The molecule has 2 bridgehead atoms. The Labute approximate surface area is 106 Å². The molecule has 3 rings (SSSR count). The van der Waals surface area contributed by atoms with Crippen LogP contribution in [0.25, 0.3) is 0 Å². The van der Waals surface area contributed by atoms with E-state index in [0.29, 0.717) is 6.42 Å². The molecule has 2 fully saturated rings. The van der Waals surface area contributed by atoms with Crippen molar-refractivity contribution >= 4 is 5.91 Å². The number of alkyl halides is 3. The number of aromatic nitrogens is 2. The number of primary amides is 1. The molecule has 0 spiro atoms. The fourth-order valence-corrected chi connectivity index (χ4v) is 3.45. The predicted molar refractivity (Wildman–Crippen MR) is 56.7 cm³/mol. The van der Waals surface area contributed by atoms with Gasteiger partial charge in [-0.05, 0) is 19.3 Å². The second-order valence-corrected chi connectivity index (χ2v) is 5.06. The molecule has 3 unspecified atom stereocenters. The number of rotatable bonds is 2. The first-order chi connectivity index (χ1) is 8.83. The molecule has 3 heterocycles. The third-order valence-corrected chi connectivity index (χ3v) is 4.28. The maximum absolute atomic E-state index is 13.5. The van der Waals surface area contributed by atoms with Crippen LogP contribution in [0.1, 0.15) is 24.8 Å². The van der Waals surface area contributed by atoms with Gasteiger partial charge in [-0.25, -0.2) is 0 Å². The number of hydrogen-bond acceptors (Lipinski definition) is 3. The quantitative estimate of drug-likeness (QED) is 0.851. The molecule has 0 saturated carbocycles. The highest BCUT2D eigenvalue weighted by molar-refractivity contribution is 5.84. The minimum absolute atomic E-state index is 0.111. The van der Waals surface area contributed by atoms with E-state index in [1.165, 1.54) is 12.4 Å². The first-order valence-electron chi connectivity index (χ1n) is 5.87. The normalized spacial score (nSPS) is 37.7. The van der Waals surface area contributed by atoms with Crippen LogP contribution >= 0.6 is 0 Å². The topological polar surface area (TPSA) is 81.0 Å². The van der Waals surface area contributed by atoms with Crippen molar-refractivity contribution in [1.82, 2.24) is 10.2 Å². The lowest BCUT2D eigenvalue weighted by molar-refractivity contribution is -0.256. The molecule has 2 aliphatic heterocycles. The van der Waals surface area contributed by atoms with Gasteiger partial charge in [-0.15, -0.1) is 0 Å². The number of nitrogens with one attached hydrogen (secondary N) is 1. The molecule has 0 aliphatic carbocycles. The second kappa shape index (κ2) is 3.50. The fraction of sp³-hybridized carbons (Fsp3) is 0.636. The molecule has 3 N–H and O–H groups in total. The highest BCUT2D eigenvalue weighted by Crippen LogP contribution is 2.66. The lowest BCUT2D eigenvalue weighted by atomic mass is 9.62. The van der Waals surface area contributed by atoms with Crippen LogP contribution in [0, 0.1) is 5.41 Å². The lowest BCUT2D eigenvalue weighted by Gasteiger charge is -2.42. The Morgan fingerprint density at radius 1 is 1.58 bits per heavy atom. The van der Waals surface area contributed by atoms with Crippen LogP contribution < -0.4 is 5.73 Å². The summed E-state index contributed by atoms with van der Waals surface area (Å²) in [6.07, 6.45) is -2.59. The van der Waals surface area contributed by atoms with Crippen LogP contribution in [-0.2, 0) is 15.1 Å². The number of carbonyl (C=O) groups is 1. The number of fused-ring (bicyclic) bond motifs is 2. The highest BCUT2D eigenvalue weighted by Gasteiger charge is 2.78. The number of hydrogen-bond donors (Lipinski definition) is 2. The van der Waals surface area contributed by atoms with E-state index in [1.54, 1.807) is 0 Å². The molecule has 5 nitrogen and oxygen atoms in total. The molecule has 1 aromatic rings. The summed E-state index contributed by atoms with van der Waals surface area (Å²) in [5, 5.41) is 6.12. The number of halogens is 3. The van der Waals surface area contributed by atoms with Crippen molar-refractivity contribution in [2.45, 2.75) is 37.1 Å². The molecule has 1 aromatic heterocycles. The first-order valence-corrected chi connectivity index (χ1v) is 5.87. The largest absolute Gasteiger partial charge is 0.406 e.